The van der Waals surface area contributed by atoms with Crippen LogP contribution in [0, 0.1) is 17.0 Å². The Hall–Kier alpha value is -2.93. The zero-order chi connectivity index (χ0) is 20.9. The van der Waals surface area contributed by atoms with Gasteiger partial charge in [-0.2, -0.15) is 0 Å². The number of hydrogen-bond donors (Lipinski definition) is 2. The van der Waals surface area contributed by atoms with Gasteiger partial charge in [0.05, 0.1) is 4.92 Å². The molecule has 0 radical (unpaired) electrons. The largest absolute Gasteiger partial charge is 0.491 e. The first kappa shape index (κ1) is 21.4. The molecule has 0 aromatic heterocycles. The van der Waals surface area contributed by atoms with Crippen LogP contribution in [-0.2, 0) is 5.41 Å². The van der Waals surface area contributed by atoms with E-state index in [1.807, 2.05) is 24.3 Å². The lowest BCUT2D eigenvalue weighted by Gasteiger charge is -2.19. The number of amides is 1. The van der Waals surface area contributed by atoms with Gasteiger partial charge in [0.1, 0.15) is 18.5 Å². The summed E-state index contributed by atoms with van der Waals surface area (Å²) >= 11 is 0. The van der Waals surface area contributed by atoms with E-state index in [2.05, 4.69) is 26.1 Å². The second kappa shape index (κ2) is 8.84. The molecule has 2 N–H and O–H groups in total. The number of nitro groups is 1. The number of nitrogens with zero attached hydrogens (tertiary/aromatic N) is 1. The average molecular weight is 386 g/mol. The lowest BCUT2D eigenvalue weighted by molar-refractivity contribution is -0.385. The molecular formula is C21H26N2O5. The Bertz CT molecular complexity index is 841. The number of nitro benzene ring substituents is 1. The summed E-state index contributed by atoms with van der Waals surface area (Å²) in [4.78, 5) is 22.7. The van der Waals surface area contributed by atoms with Gasteiger partial charge in [-0.3, -0.25) is 14.9 Å². The van der Waals surface area contributed by atoms with Crippen LogP contribution in [-0.4, -0.2) is 35.2 Å². The van der Waals surface area contributed by atoms with Crippen molar-refractivity contribution in [1.82, 2.24) is 5.32 Å². The molecule has 7 nitrogen and oxygen atoms in total. The molecule has 7 heteroatoms. The van der Waals surface area contributed by atoms with Crippen molar-refractivity contribution in [3.8, 4) is 5.75 Å². The van der Waals surface area contributed by atoms with Crippen molar-refractivity contribution in [2.45, 2.75) is 39.2 Å². The second-order valence-corrected chi connectivity index (χ2v) is 7.66. The monoisotopic (exact) mass is 386 g/mol. The van der Waals surface area contributed by atoms with E-state index in [-0.39, 0.29) is 35.4 Å². The van der Waals surface area contributed by atoms with E-state index in [0.717, 1.165) is 0 Å². The summed E-state index contributed by atoms with van der Waals surface area (Å²) < 4.78 is 5.56. The van der Waals surface area contributed by atoms with Crippen molar-refractivity contribution >= 4 is 11.6 Å². The van der Waals surface area contributed by atoms with Crippen LogP contribution in [0.15, 0.2) is 42.5 Å². The van der Waals surface area contributed by atoms with Crippen LogP contribution >= 0.6 is 0 Å². The number of ether oxygens (including phenoxy) is 1. The molecule has 0 unspecified atom stereocenters. The number of aliphatic hydroxyl groups excluding tert-OH is 1. The molecule has 0 spiro atoms. The molecule has 0 saturated carbocycles. The summed E-state index contributed by atoms with van der Waals surface area (Å²) in [6.45, 7) is 7.88. The van der Waals surface area contributed by atoms with Crippen LogP contribution in [0.5, 0.6) is 5.75 Å². The molecule has 0 fully saturated rings. The summed E-state index contributed by atoms with van der Waals surface area (Å²) in [5, 5.41) is 23.6. The highest BCUT2D eigenvalue weighted by Gasteiger charge is 2.18. The quantitative estimate of drug-likeness (QED) is 0.561. The highest BCUT2D eigenvalue weighted by Crippen LogP contribution is 2.24. The molecule has 0 aliphatic rings. The molecule has 0 aliphatic carbocycles. The maximum atomic E-state index is 12.3. The fourth-order valence-corrected chi connectivity index (χ4v) is 2.68. The molecule has 2 aromatic rings. The van der Waals surface area contributed by atoms with Gasteiger partial charge in [0, 0.05) is 23.7 Å². The molecule has 0 heterocycles. The van der Waals surface area contributed by atoms with Crippen molar-refractivity contribution in [3.63, 3.8) is 0 Å². The standard InChI is InChI=1S/C21H26N2O5/c1-14-18(6-5-7-19(14)23(26)27)20(25)22-12-16(24)13-28-17-10-8-15(9-11-17)21(2,3)4/h5-11,16,24H,12-13H2,1-4H3,(H,22,25)/t16-/m0/s1. The Morgan fingerprint density at radius 1 is 1.21 bits per heavy atom. The zero-order valence-electron chi connectivity index (χ0n) is 16.6. The minimum Gasteiger partial charge on any atom is -0.491 e. The number of benzene rings is 2. The summed E-state index contributed by atoms with van der Waals surface area (Å²) in [6, 6.07) is 12.0. The average Bonchev–Trinajstić information content (AvgIpc) is 2.64. The van der Waals surface area contributed by atoms with Crippen LogP contribution < -0.4 is 10.1 Å². The van der Waals surface area contributed by atoms with Crippen LogP contribution in [0.4, 0.5) is 5.69 Å². The van der Waals surface area contributed by atoms with Gasteiger partial charge >= 0.3 is 0 Å². The maximum absolute atomic E-state index is 12.3. The van der Waals surface area contributed by atoms with Crippen molar-refractivity contribution in [2.75, 3.05) is 13.2 Å². The van der Waals surface area contributed by atoms with Gasteiger partial charge in [0.25, 0.3) is 11.6 Å². The Morgan fingerprint density at radius 3 is 2.43 bits per heavy atom. The Labute approximate surface area is 164 Å². The minimum atomic E-state index is -0.912. The molecule has 2 aromatic carbocycles. The fourth-order valence-electron chi connectivity index (χ4n) is 2.68. The second-order valence-electron chi connectivity index (χ2n) is 7.66. The summed E-state index contributed by atoms with van der Waals surface area (Å²) in [5.41, 5.74) is 1.61. The number of aliphatic hydroxyl groups is 1. The van der Waals surface area contributed by atoms with Crippen molar-refractivity contribution in [1.29, 1.82) is 0 Å². The number of carbonyl (C=O) groups is 1. The van der Waals surface area contributed by atoms with Gasteiger partial charge in [-0.05, 0) is 36.1 Å². The molecule has 150 valence electrons. The predicted molar refractivity (Wildman–Crippen MR) is 107 cm³/mol. The maximum Gasteiger partial charge on any atom is 0.273 e. The first-order chi connectivity index (χ1) is 13.1. The topological polar surface area (TPSA) is 102 Å². The Balaban J connectivity index is 1.87. The third-order valence-corrected chi connectivity index (χ3v) is 4.41. The highest BCUT2D eigenvalue weighted by molar-refractivity contribution is 5.96. The number of rotatable bonds is 7. The lowest BCUT2D eigenvalue weighted by Crippen LogP contribution is -2.35. The number of hydrogen-bond acceptors (Lipinski definition) is 5. The molecular weight excluding hydrogens is 360 g/mol. The molecule has 1 atom stereocenters. The number of carbonyl (C=O) groups excluding carboxylic acids is 1. The zero-order valence-corrected chi connectivity index (χ0v) is 16.6. The first-order valence-electron chi connectivity index (χ1n) is 9.03. The van der Waals surface area contributed by atoms with E-state index >= 15 is 0 Å². The summed E-state index contributed by atoms with van der Waals surface area (Å²) in [6.07, 6.45) is -0.912. The van der Waals surface area contributed by atoms with E-state index in [0.29, 0.717) is 5.75 Å². The SMILES string of the molecule is Cc1c(C(=O)NC[C@H](O)COc2ccc(C(C)(C)C)cc2)cccc1[N+](=O)[O-]. The van der Waals surface area contributed by atoms with Gasteiger partial charge in [-0.1, -0.05) is 39.0 Å². The first-order valence-corrected chi connectivity index (χ1v) is 9.03. The van der Waals surface area contributed by atoms with Gasteiger partial charge in [-0.25, -0.2) is 0 Å². The Kier molecular flexibility index (Phi) is 6.75. The summed E-state index contributed by atoms with van der Waals surface area (Å²) in [7, 11) is 0. The molecule has 0 aliphatic heterocycles. The van der Waals surface area contributed by atoms with Gasteiger partial charge < -0.3 is 15.2 Å². The van der Waals surface area contributed by atoms with E-state index in [4.69, 9.17) is 4.74 Å². The lowest BCUT2D eigenvalue weighted by atomic mass is 9.87. The van der Waals surface area contributed by atoms with E-state index in [1.54, 1.807) is 0 Å². The van der Waals surface area contributed by atoms with Gasteiger partial charge in [-0.15, -0.1) is 0 Å². The predicted octanol–water partition coefficient (Wildman–Crippen LogP) is 3.37. The molecule has 0 bridgehead atoms. The minimum absolute atomic E-state index is 0.0169. The molecule has 28 heavy (non-hydrogen) atoms. The van der Waals surface area contributed by atoms with Crippen molar-refractivity contribution in [3.05, 3.63) is 69.3 Å². The molecule has 2 rings (SSSR count). The number of nitrogens with one attached hydrogen (secondary N) is 1. The smallest absolute Gasteiger partial charge is 0.273 e. The normalized spacial score (nSPS) is 12.3. The van der Waals surface area contributed by atoms with Gasteiger partial charge in [0.15, 0.2) is 0 Å². The van der Waals surface area contributed by atoms with Gasteiger partial charge in [0.2, 0.25) is 0 Å². The van der Waals surface area contributed by atoms with Crippen molar-refractivity contribution < 1.29 is 19.6 Å². The molecule has 1 amide bonds. The Morgan fingerprint density at radius 2 is 1.86 bits per heavy atom. The highest BCUT2D eigenvalue weighted by atomic mass is 16.6. The van der Waals surface area contributed by atoms with Crippen LogP contribution in [0.2, 0.25) is 0 Å². The summed E-state index contributed by atoms with van der Waals surface area (Å²) in [5.74, 6) is 0.155. The van der Waals surface area contributed by atoms with Crippen LogP contribution in [0.3, 0.4) is 0 Å². The van der Waals surface area contributed by atoms with Crippen LogP contribution in [0.1, 0.15) is 42.3 Å². The van der Waals surface area contributed by atoms with E-state index < -0.39 is 16.9 Å². The van der Waals surface area contributed by atoms with E-state index in [9.17, 15) is 20.0 Å². The van der Waals surface area contributed by atoms with Crippen molar-refractivity contribution in [2.24, 2.45) is 0 Å². The third-order valence-electron chi connectivity index (χ3n) is 4.41. The molecule has 0 saturated heterocycles. The van der Waals surface area contributed by atoms with Crippen LogP contribution in [0.25, 0.3) is 0 Å². The third kappa shape index (κ3) is 5.53. The van der Waals surface area contributed by atoms with E-state index in [1.165, 1.54) is 30.7 Å². The fraction of sp³-hybridized carbons (Fsp3) is 0.381.